The molecule has 8 rings (SSSR count). The number of aliphatic hydroxyl groups excluding tert-OH is 4. The van der Waals surface area contributed by atoms with Crippen LogP contribution in [0, 0.1) is 56.2 Å². The lowest BCUT2D eigenvalue weighted by atomic mass is 9.41. The van der Waals surface area contributed by atoms with E-state index < -0.39 is 36.5 Å². The van der Waals surface area contributed by atoms with Crippen molar-refractivity contribution in [1.82, 2.24) is 0 Å². The second-order valence-corrected chi connectivity index (χ2v) is 19.0. The summed E-state index contributed by atoms with van der Waals surface area (Å²) in [6, 6.07) is 0. The van der Waals surface area contributed by atoms with E-state index in [2.05, 4.69) is 55.4 Å². The number of rotatable bonds is 2. The van der Waals surface area contributed by atoms with Crippen molar-refractivity contribution < 1.29 is 39.4 Å². The lowest BCUT2D eigenvalue weighted by molar-refractivity contribution is -0.303. The van der Waals surface area contributed by atoms with Gasteiger partial charge in [-0.05, 0) is 96.2 Å². The van der Waals surface area contributed by atoms with E-state index in [0.717, 1.165) is 38.5 Å². The van der Waals surface area contributed by atoms with E-state index in [0.29, 0.717) is 17.8 Å². The van der Waals surface area contributed by atoms with E-state index >= 15 is 0 Å². The Kier molecular flexibility index (Phi) is 6.35. The van der Waals surface area contributed by atoms with Crippen LogP contribution in [0.15, 0.2) is 0 Å². The fourth-order valence-corrected chi connectivity index (χ4v) is 14.1. The molecule has 3 heterocycles. The van der Waals surface area contributed by atoms with Gasteiger partial charge < -0.3 is 39.4 Å². The Labute approximate surface area is 263 Å². The Hall–Kier alpha value is -0.320. The molecule has 3 aliphatic heterocycles. The van der Waals surface area contributed by atoms with Crippen LogP contribution in [0.1, 0.15) is 107 Å². The number of hydrogen-bond acceptors (Lipinski definition) is 8. The minimum Gasteiger partial charge on any atom is -0.388 e. The van der Waals surface area contributed by atoms with Crippen LogP contribution < -0.4 is 0 Å². The normalized spacial score (nSPS) is 62.2. The van der Waals surface area contributed by atoms with E-state index in [9.17, 15) is 20.4 Å². The highest BCUT2D eigenvalue weighted by molar-refractivity contribution is 5.34. The van der Waals surface area contributed by atoms with Crippen molar-refractivity contribution >= 4 is 0 Å². The Bertz CT molecular complexity index is 1200. The SMILES string of the molecule is C[C@@H]1C[C@H]2OC3(O[C@@H]2C(C)(C)C)C1[C@@]1(C)CC[C@@]24C[C@@]25CC[C@H](O[C@@H]2OC[C@@H](O)[C@H](O)[C@H]2O)C(C)(C)[C@@H]5CC[C@H]4[C@]1(C)[C@H]3O. The summed E-state index contributed by atoms with van der Waals surface area (Å²) in [5, 5.41) is 43.6. The van der Waals surface area contributed by atoms with Crippen molar-refractivity contribution in [2.75, 3.05) is 6.61 Å². The quantitative estimate of drug-likeness (QED) is 0.337. The van der Waals surface area contributed by atoms with Crippen LogP contribution in [0.4, 0.5) is 0 Å². The largest absolute Gasteiger partial charge is 0.388 e. The molecule has 8 heteroatoms. The van der Waals surface area contributed by atoms with Gasteiger partial charge in [0.2, 0.25) is 0 Å². The third-order valence-corrected chi connectivity index (χ3v) is 16.0. The van der Waals surface area contributed by atoms with Crippen LogP contribution in [0.5, 0.6) is 0 Å². The first kappa shape index (κ1) is 31.0. The van der Waals surface area contributed by atoms with E-state index in [-0.39, 0.29) is 63.3 Å². The lowest BCUT2D eigenvalue weighted by Gasteiger charge is -2.63. The molecule has 17 atom stereocenters. The van der Waals surface area contributed by atoms with Gasteiger partial charge in [-0.3, -0.25) is 0 Å². The van der Waals surface area contributed by atoms with Gasteiger partial charge in [0.05, 0.1) is 24.9 Å². The molecule has 250 valence electrons. The molecule has 0 aromatic rings. The summed E-state index contributed by atoms with van der Waals surface area (Å²) < 4.78 is 26.2. The molecule has 2 bridgehead atoms. The molecule has 8 aliphatic rings. The van der Waals surface area contributed by atoms with Crippen molar-refractivity contribution in [2.45, 2.75) is 162 Å². The Morgan fingerprint density at radius 2 is 1.50 bits per heavy atom. The van der Waals surface area contributed by atoms with Crippen LogP contribution in [-0.2, 0) is 18.9 Å². The molecule has 0 amide bonds. The van der Waals surface area contributed by atoms with Gasteiger partial charge in [0.1, 0.15) is 24.4 Å². The third-order valence-electron chi connectivity index (χ3n) is 16.0. The van der Waals surface area contributed by atoms with Crippen molar-refractivity contribution in [1.29, 1.82) is 0 Å². The number of fused-ring (bicyclic) bond motifs is 4. The molecule has 0 radical (unpaired) electrons. The molecule has 8 nitrogen and oxygen atoms in total. The van der Waals surface area contributed by atoms with Crippen LogP contribution >= 0.6 is 0 Å². The molecule has 0 aromatic heterocycles. The average molecular weight is 619 g/mol. The Morgan fingerprint density at radius 3 is 2.20 bits per heavy atom. The molecule has 44 heavy (non-hydrogen) atoms. The van der Waals surface area contributed by atoms with Gasteiger partial charge in [-0.2, -0.15) is 0 Å². The van der Waals surface area contributed by atoms with Crippen molar-refractivity contribution in [3.63, 3.8) is 0 Å². The first-order valence-electron chi connectivity index (χ1n) is 17.8. The van der Waals surface area contributed by atoms with E-state index in [1.165, 1.54) is 12.8 Å². The maximum Gasteiger partial charge on any atom is 0.199 e. The highest BCUT2D eigenvalue weighted by Crippen LogP contribution is 2.90. The molecule has 0 aromatic carbocycles. The van der Waals surface area contributed by atoms with Crippen molar-refractivity contribution in [3.05, 3.63) is 0 Å². The van der Waals surface area contributed by atoms with Gasteiger partial charge in [0.15, 0.2) is 12.1 Å². The summed E-state index contributed by atoms with van der Waals surface area (Å²) in [6.45, 7) is 18.6. The van der Waals surface area contributed by atoms with E-state index in [1.54, 1.807) is 0 Å². The summed E-state index contributed by atoms with van der Waals surface area (Å²) in [4.78, 5) is 0. The zero-order valence-corrected chi connectivity index (χ0v) is 28.2. The minimum absolute atomic E-state index is 0.0129. The van der Waals surface area contributed by atoms with Gasteiger partial charge in [-0.25, -0.2) is 0 Å². The average Bonchev–Trinajstić information content (AvgIpc) is 3.45. The molecule has 5 saturated carbocycles. The van der Waals surface area contributed by atoms with E-state index in [1.807, 2.05) is 0 Å². The topological polar surface area (TPSA) is 118 Å². The lowest BCUT2D eigenvalue weighted by Crippen LogP contribution is -2.61. The monoisotopic (exact) mass is 618 g/mol. The highest BCUT2D eigenvalue weighted by Gasteiger charge is 2.88. The Morgan fingerprint density at radius 1 is 0.818 bits per heavy atom. The molecule has 2 unspecified atom stereocenters. The number of aliphatic hydroxyl groups is 4. The number of hydrogen-bond donors (Lipinski definition) is 4. The second-order valence-electron chi connectivity index (χ2n) is 19.0. The van der Waals surface area contributed by atoms with Crippen LogP contribution in [-0.4, -0.2) is 81.8 Å². The maximum absolute atomic E-state index is 12.7. The molecule has 5 aliphatic carbocycles. The zero-order valence-electron chi connectivity index (χ0n) is 28.2. The molecule has 3 saturated heterocycles. The Balaban J connectivity index is 1.10. The van der Waals surface area contributed by atoms with Crippen molar-refractivity contribution in [2.24, 2.45) is 56.2 Å². The summed E-state index contributed by atoms with van der Waals surface area (Å²) in [6.07, 6.45) is 3.35. The van der Waals surface area contributed by atoms with Crippen molar-refractivity contribution in [3.8, 4) is 0 Å². The predicted octanol–water partition coefficient (Wildman–Crippen LogP) is 4.40. The molecular weight excluding hydrogens is 560 g/mol. The molecule has 8 fully saturated rings. The zero-order chi connectivity index (χ0) is 31.6. The van der Waals surface area contributed by atoms with E-state index in [4.69, 9.17) is 18.9 Å². The summed E-state index contributed by atoms with van der Waals surface area (Å²) in [5.41, 5.74) is -0.112. The molecular formula is C36H58O8. The first-order valence-corrected chi connectivity index (χ1v) is 17.8. The van der Waals surface area contributed by atoms with Gasteiger partial charge in [-0.1, -0.05) is 55.4 Å². The summed E-state index contributed by atoms with van der Waals surface area (Å²) >= 11 is 0. The predicted molar refractivity (Wildman–Crippen MR) is 162 cm³/mol. The first-order chi connectivity index (χ1) is 20.4. The van der Waals surface area contributed by atoms with Crippen LogP contribution in [0.2, 0.25) is 0 Å². The third kappa shape index (κ3) is 3.39. The molecule has 4 N–H and O–H groups in total. The fourth-order valence-electron chi connectivity index (χ4n) is 14.1. The summed E-state index contributed by atoms with van der Waals surface area (Å²) in [7, 11) is 0. The van der Waals surface area contributed by atoms with Crippen LogP contribution in [0.3, 0.4) is 0 Å². The van der Waals surface area contributed by atoms with Crippen LogP contribution in [0.25, 0.3) is 0 Å². The summed E-state index contributed by atoms with van der Waals surface area (Å²) in [5.74, 6) is 0.586. The fraction of sp³-hybridized carbons (Fsp3) is 1.00. The standard InChI is InChI=1S/C36H58O8/c1-18-15-20-27(30(2,3)4)44-36(43-20)26(18)32(7)13-14-35-17-34(35)12-11-23(42-28-25(39)24(38)19(37)16-41-28)31(5,6)21(34)9-10-22(35)33(32,8)29(36)40/h18-29,37-40H,9-17H2,1-8H3/t18-,19-,20-,21+,22+,23+,24+,25-,26?,27+,28+,29-,32-,33-,34-,35+,36?/m1/s1. The second kappa shape index (κ2) is 9.02. The maximum atomic E-state index is 12.7. The van der Waals surface area contributed by atoms with Gasteiger partial charge in [0, 0.05) is 11.3 Å². The van der Waals surface area contributed by atoms with Gasteiger partial charge in [0.25, 0.3) is 0 Å². The van der Waals surface area contributed by atoms with Gasteiger partial charge in [-0.15, -0.1) is 0 Å². The molecule has 3 spiro atoms. The minimum atomic E-state index is -1.27. The van der Waals surface area contributed by atoms with Gasteiger partial charge >= 0.3 is 0 Å². The smallest absolute Gasteiger partial charge is 0.199 e. The highest BCUT2D eigenvalue weighted by atomic mass is 16.8. The number of ether oxygens (including phenoxy) is 4.